The molecule has 238 valence electrons. The van der Waals surface area contributed by atoms with Gasteiger partial charge in [0.1, 0.15) is 24.2 Å². The maximum atomic E-state index is 13.9. The summed E-state index contributed by atoms with van der Waals surface area (Å²) in [4.78, 5) is 80.9. The van der Waals surface area contributed by atoms with Crippen molar-refractivity contribution in [3.8, 4) is 0 Å². The second kappa shape index (κ2) is 14.8. The van der Waals surface area contributed by atoms with E-state index >= 15 is 0 Å². The fraction of sp³-hybridized carbons (Fsp3) is 0.355. The second-order valence-corrected chi connectivity index (χ2v) is 11.8. The van der Waals surface area contributed by atoms with Crippen molar-refractivity contribution in [2.24, 2.45) is 5.73 Å². The molecule has 1 aliphatic rings. The van der Waals surface area contributed by atoms with Crippen LogP contribution in [0.5, 0.6) is 0 Å². The van der Waals surface area contributed by atoms with Crippen molar-refractivity contribution in [2.45, 2.75) is 62.0 Å². The van der Waals surface area contributed by atoms with Gasteiger partial charge in [0.15, 0.2) is 0 Å². The van der Waals surface area contributed by atoms with Crippen LogP contribution in [0.15, 0.2) is 60.8 Å². The minimum atomic E-state index is -1.57. The highest BCUT2D eigenvalue weighted by Crippen LogP contribution is 2.25. The summed E-state index contributed by atoms with van der Waals surface area (Å²) in [5, 5.41) is 17.6. The summed E-state index contributed by atoms with van der Waals surface area (Å²) >= 11 is 4.49. The first-order valence-electron chi connectivity index (χ1n) is 14.4. The van der Waals surface area contributed by atoms with E-state index in [-0.39, 0.29) is 25.8 Å². The number of amides is 5. The molecule has 2 heterocycles. The Labute approximate surface area is 264 Å². The maximum absolute atomic E-state index is 13.9. The van der Waals surface area contributed by atoms with Crippen LogP contribution in [0.1, 0.15) is 30.9 Å². The zero-order chi connectivity index (χ0) is 32.7. The predicted molar refractivity (Wildman–Crippen MR) is 168 cm³/mol. The molecular weight excluding hydrogens is 600 g/mol. The van der Waals surface area contributed by atoms with E-state index in [1.165, 1.54) is 11.8 Å². The van der Waals surface area contributed by atoms with Gasteiger partial charge in [-0.25, -0.2) is 0 Å². The van der Waals surface area contributed by atoms with E-state index in [1.807, 2.05) is 24.3 Å². The number of nitrogens with one attached hydrogen (secondary N) is 4. The van der Waals surface area contributed by atoms with Crippen LogP contribution >= 0.6 is 12.6 Å². The molecule has 5 amide bonds. The average molecular weight is 637 g/mol. The van der Waals surface area contributed by atoms with E-state index < -0.39 is 71.3 Å². The number of benzene rings is 2. The molecule has 3 aromatic rings. The molecule has 0 unspecified atom stereocenters. The average Bonchev–Trinajstić information content (AvgIpc) is 3.59. The fourth-order valence-electron chi connectivity index (χ4n) is 5.47. The van der Waals surface area contributed by atoms with Crippen LogP contribution in [0, 0.1) is 0 Å². The molecule has 0 spiro atoms. The third-order valence-electron chi connectivity index (χ3n) is 7.59. The van der Waals surface area contributed by atoms with Crippen molar-refractivity contribution in [1.82, 2.24) is 25.8 Å². The minimum absolute atomic E-state index is 0.0584. The van der Waals surface area contributed by atoms with E-state index in [4.69, 9.17) is 5.73 Å². The van der Waals surface area contributed by atoms with Gasteiger partial charge in [0.25, 0.3) is 0 Å². The van der Waals surface area contributed by atoms with Crippen LogP contribution in [0.25, 0.3) is 10.9 Å². The number of carboxylic acid groups (broad SMARTS) is 1. The van der Waals surface area contributed by atoms with E-state index in [9.17, 15) is 33.9 Å². The zero-order valence-corrected chi connectivity index (χ0v) is 25.5. The molecule has 0 bridgehead atoms. The number of aromatic amines is 1. The molecule has 13 nitrogen and oxygen atoms in total. The summed E-state index contributed by atoms with van der Waals surface area (Å²) in [7, 11) is 0. The van der Waals surface area contributed by atoms with Crippen molar-refractivity contribution in [1.29, 1.82) is 0 Å². The van der Waals surface area contributed by atoms with Gasteiger partial charge >= 0.3 is 5.97 Å². The number of carbonyl (C=O) groups is 6. The molecule has 0 saturated carbocycles. The minimum Gasteiger partial charge on any atom is -0.481 e. The number of nitrogens with zero attached hydrogens (tertiary/aromatic N) is 1. The third kappa shape index (κ3) is 8.62. The van der Waals surface area contributed by atoms with Gasteiger partial charge in [-0.15, -0.1) is 0 Å². The van der Waals surface area contributed by atoms with Gasteiger partial charge in [0.2, 0.25) is 29.5 Å². The first kappa shape index (κ1) is 33.1. The lowest BCUT2D eigenvalue weighted by Gasteiger charge is -2.29. The number of hydrogen-bond donors (Lipinski definition) is 7. The van der Waals surface area contributed by atoms with Gasteiger partial charge in [0, 0.05) is 48.7 Å². The number of para-hydroxylation sites is 1. The Morgan fingerprint density at radius 2 is 1.64 bits per heavy atom. The van der Waals surface area contributed by atoms with Gasteiger partial charge in [-0.05, 0) is 23.6 Å². The lowest BCUT2D eigenvalue weighted by Crippen LogP contribution is -2.58. The highest BCUT2D eigenvalue weighted by Gasteiger charge is 2.42. The number of nitrogens with two attached hydrogens (primary N) is 1. The normalized spacial score (nSPS) is 18.0. The SMILES string of the molecule is CC(=O)N[C@@H](Cc1c[nH]c2ccccc12)C(=O)N1C[C@H](S)C[C@H]1C(=O)N[C@@H](CC(=O)O)C(=O)N[C@@H](Cc1ccccc1)C(N)=O. The first-order chi connectivity index (χ1) is 21.4. The maximum Gasteiger partial charge on any atom is 0.305 e. The monoisotopic (exact) mass is 636 g/mol. The number of carboxylic acids is 1. The highest BCUT2D eigenvalue weighted by atomic mass is 32.1. The molecule has 45 heavy (non-hydrogen) atoms. The number of primary amides is 1. The number of thiol groups is 1. The molecule has 1 saturated heterocycles. The van der Waals surface area contributed by atoms with Crippen LogP contribution in [0.3, 0.4) is 0 Å². The number of likely N-dealkylation sites (tertiary alicyclic amines) is 1. The molecule has 2 aromatic carbocycles. The number of aromatic nitrogens is 1. The summed E-state index contributed by atoms with van der Waals surface area (Å²) in [6.07, 6.45) is 1.30. The quantitative estimate of drug-likeness (QED) is 0.131. The molecule has 0 aliphatic carbocycles. The fourth-order valence-corrected chi connectivity index (χ4v) is 5.84. The number of fused-ring (bicyclic) bond motifs is 1. The summed E-state index contributed by atoms with van der Waals surface area (Å²) in [5.41, 5.74) is 7.86. The largest absolute Gasteiger partial charge is 0.481 e. The Morgan fingerprint density at radius 1 is 0.956 bits per heavy atom. The van der Waals surface area contributed by atoms with Gasteiger partial charge < -0.3 is 36.7 Å². The van der Waals surface area contributed by atoms with Gasteiger partial charge in [0.05, 0.1) is 6.42 Å². The summed E-state index contributed by atoms with van der Waals surface area (Å²) in [6.45, 7) is 1.37. The van der Waals surface area contributed by atoms with Crippen molar-refractivity contribution >= 4 is 59.0 Å². The number of hydrogen-bond acceptors (Lipinski definition) is 7. The highest BCUT2D eigenvalue weighted by molar-refractivity contribution is 7.81. The standard InChI is InChI=1S/C31H36N6O7S/c1-17(38)34-25(12-19-15-33-22-10-6-5-9-21(19)22)31(44)37-16-20(45)13-26(37)30(43)36-24(14-27(39)40)29(42)35-23(28(32)41)11-18-7-3-2-4-8-18/h2-10,15,20,23-26,33,45H,11-14,16H2,1H3,(H2,32,41)(H,34,38)(H,35,42)(H,36,43)(H,39,40)/t20-,23+,24+,25+,26+/m1/s1. The van der Waals surface area contributed by atoms with E-state index in [0.717, 1.165) is 16.5 Å². The molecule has 14 heteroatoms. The lowest BCUT2D eigenvalue weighted by molar-refractivity contribution is -0.144. The second-order valence-electron chi connectivity index (χ2n) is 11.0. The Balaban J connectivity index is 1.51. The summed E-state index contributed by atoms with van der Waals surface area (Å²) in [5.74, 6) is -4.85. The number of carbonyl (C=O) groups excluding carboxylic acids is 5. The molecule has 1 aliphatic heterocycles. The van der Waals surface area contributed by atoms with Gasteiger partial charge in [-0.2, -0.15) is 12.6 Å². The zero-order valence-electron chi connectivity index (χ0n) is 24.6. The predicted octanol–water partition coefficient (Wildman–Crippen LogP) is 0.287. The van der Waals surface area contributed by atoms with Crippen LogP contribution in [0.4, 0.5) is 0 Å². The number of aliphatic carboxylic acids is 1. The Bertz CT molecular complexity index is 1580. The van der Waals surface area contributed by atoms with Crippen molar-refractivity contribution in [3.63, 3.8) is 0 Å². The summed E-state index contributed by atoms with van der Waals surface area (Å²) in [6, 6.07) is 11.4. The van der Waals surface area contributed by atoms with Crippen LogP contribution in [-0.4, -0.2) is 86.5 Å². The molecular formula is C31H36N6O7S. The van der Waals surface area contributed by atoms with Crippen molar-refractivity contribution in [2.75, 3.05) is 6.54 Å². The first-order valence-corrected chi connectivity index (χ1v) is 14.9. The van der Waals surface area contributed by atoms with Crippen LogP contribution in [-0.2, 0) is 41.6 Å². The van der Waals surface area contributed by atoms with Gasteiger partial charge in [-0.3, -0.25) is 28.8 Å². The van der Waals surface area contributed by atoms with Crippen LogP contribution in [0.2, 0.25) is 0 Å². The van der Waals surface area contributed by atoms with Crippen LogP contribution < -0.4 is 21.7 Å². The van der Waals surface area contributed by atoms with Gasteiger partial charge in [-0.1, -0.05) is 48.5 Å². The number of H-pyrrole nitrogens is 1. The Hall–Kier alpha value is -4.85. The van der Waals surface area contributed by atoms with Crippen molar-refractivity contribution in [3.05, 3.63) is 71.9 Å². The van der Waals surface area contributed by atoms with E-state index in [1.54, 1.807) is 36.5 Å². The van der Waals surface area contributed by atoms with Crippen molar-refractivity contribution < 1.29 is 33.9 Å². The molecule has 5 atom stereocenters. The smallest absolute Gasteiger partial charge is 0.305 e. The van der Waals surface area contributed by atoms with E-state index in [0.29, 0.717) is 5.56 Å². The molecule has 1 fully saturated rings. The Kier molecular flexibility index (Phi) is 10.8. The third-order valence-corrected chi connectivity index (χ3v) is 7.97. The molecule has 4 rings (SSSR count). The van der Waals surface area contributed by atoms with E-state index in [2.05, 4.69) is 33.6 Å². The Morgan fingerprint density at radius 3 is 2.31 bits per heavy atom. The summed E-state index contributed by atoms with van der Waals surface area (Å²) < 4.78 is 0. The molecule has 7 N–H and O–H groups in total. The number of rotatable bonds is 13. The lowest BCUT2D eigenvalue weighted by atomic mass is 10.0. The molecule has 0 radical (unpaired) electrons. The topological polar surface area (TPSA) is 204 Å². The molecule has 1 aromatic heterocycles.